The maximum atomic E-state index is 11.8. The predicted molar refractivity (Wildman–Crippen MR) is 76.8 cm³/mol. The Hall–Kier alpha value is -2.16. The third-order valence-electron chi connectivity index (χ3n) is 2.27. The summed E-state index contributed by atoms with van der Waals surface area (Å²) in [5.41, 5.74) is 6.26. The molecule has 0 unspecified atom stereocenters. The SMILES string of the molecule is NCC#Cc1cnc(NC(=O)Cc2ccccc2)s1. The summed E-state index contributed by atoms with van der Waals surface area (Å²) < 4.78 is 0. The fourth-order valence-electron chi connectivity index (χ4n) is 1.47. The van der Waals surface area contributed by atoms with Crippen molar-refractivity contribution in [2.45, 2.75) is 6.42 Å². The number of carbonyl (C=O) groups is 1. The van der Waals surface area contributed by atoms with Gasteiger partial charge in [0.25, 0.3) is 0 Å². The lowest BCUT2D eigenvalue weighted by molar-refractivity contribution is -0.115. The van der Waals surface area contributed by atoms with Gasteiger partial charge in [0.05, 0.1) is 24.0 Å². The number of nitrogens with one attached hydrogen (secondary N) is 1. The minimum Gasteiger partial charge on any atom is -0.320 e. The number of thiazole rings is 1. The summed E-state index contributed by atoms with van der Waals surface area (Å²) in [5.74, 6) is 5.54. The van der Waals surface area contributed by atoms with Gasteiger partial charge < -0.3 is 11.1 Å². The van der Waals surface area contributed by atoms with E-state index < -0.39 is 0 Å². The van der Waals surface area contributed by atoms with Crippen molar-refractivity contribution in [3.63, 3.8) is 0 Å². The van der Waals surface area contributed by atoms with Crippen molar-refractivity contribution in [2.75, 3.05) is 11.9 Å². The van der Waals surface area contributed by atoms with E-state index in [4.69, 9.17) is 5.73 Å². The normalized spacial score (nSPS) is 9.53. The number of hydrogen-bond acceptors (Lipinski definition) is 4. The third-order valence-corrected chi connectivity index (χ3v) is 3.10. The molecule has 1 aromatic carbocycles. The lowest BCUT2D eigenvalue weighted by Crippen LogP contribution is -2.13. The molecule has 2 rings (SSSR count). The van der Waals surface area contributed by atoms with Gasteiger partial charge in [0.1, 0.15) is 0 Å². The van der Waals surface area contributed by atoms with E-state index in [1.165, 1.54) is 11.3 Å². The molecule has 5 heteroatoms. The quantitative estimate of drug-likeness (QED) is 0.834. The van der Waals surface area contributed by atoms with E-state index in [9.17, 15) is 4.79 Å². The van der Waals surface area contributed by atoms with Crippen molar-refractivity contribution < 1.29 is 4.79 Å². The van der Waals surface area contributed by atoms with Gasteiger partial charge >= 0.3 is 0 Å². The number of aromatic nitrogens is 1. The number of hydrogen-bond donors (Lipinski definition) is 2. The Labute approximate surface area is 115 Å². The average Bonchev–Trinajstić information content (AvgIpc) is 2.85. The highest BCUT2D eigenvalue weighted by Gasteiger charge is 2.06. The molecule has 0 bridgehead atoms. The van der Waals surface area contributed by atoms with E-state index in [1.807, 2.05) is 30.3 Å². The first-order chi connectivity index (χ1) is 9.28. The zero-order valence-electron chi connectivity index (χ0n) is 10.2. The van der Waals surface area contributed by atoms with Crippen molar-refractivity contribution >= 4 is 22.4 Å². The summed E-state index contributed by atoms with van der Waals surface area (Å²) in [5, 5.41) is 3.31. The molecule has 1 heterocycles. The van der Waals surface area contributed by atoms with Crippen LogP contribution in [0.25, 0.3) is 0 Å². The van der Waals surface area contributed by atoms with Crippen LogP contribution in [-0.4, -0.2) is 17.4 Å². The van der Waals surface area contributed by atoms with Crippen LogP contribution in [-0.2, 0) is 11.2 Å². The van der Waals surface area contributed by atoms with Gasteiger partial charge in [0.15, 0.2) is 5.13 Å². The van der Waals surface area contributed by atoms with Crippen molar-refractivity contribution in [1.29, 1.82) is 0 Å². The van der Waals surface area contributed by atoms with Gasteiger partial charge in [-0.15, -0.1) is 0 Å². The number of benzene rings is 1. The molecule has 3 N–H and O–H groups in total. The zero-order chi connectivity index (χ0) is 13.5. The van der Waals surface area contributed by atoms with E-state index in [2.05, 4.69) is 22.1 Å². The molecule has 96 valence electrons. The maximum Gasteiger partial charge on any atom is 0.230 e. The number of nitrogens with two attached hydrogens (primary N) is 1. The number of anilines is 1. The Morgan fingerprint density at radius 2 is 2.16 bits per heavy atom. The molecule has 0 aliphatic carbocycles. The summed E-state index contributed by atoms with van der Waals surface area (Å²) in [7, 11) is 0. The number of rotatable bonds is 3. The van der Waals surface area contributed by atoms with Gasteiger partial charge in [0, 0.05) is 0 Å². The van der Waals surface area contributed by atoms with Crippen LogP contribution in [0.3, 0.4) is 0 Å². The van der Waals surface area contributed by atoms with Gasteiger partial charge in [-0.2, -0.15) is 0 Å². The van der Waals surface area contributed by atoms with Crippen LogP contribution in [0.15, 0.2) is 36.5 Å². The molecule has 0 aliphatic heterocycles. The molecule has 0 spiro atoms. The predicted octanol–water partition coefficient (Wildman–Crippen LogP) is 1.63. The van der Waals surface area contributed by atoms with E-state index in [-0.39, 0.29) is 5.91 Å². The lowest BCUT2D eigenvalue weighted by Gasteiger charge is -2.01. The summed E-state index contributed by atoms with van der Waals surface area (Å²) in [4.78, 5) is 16.7. The Kier molecular flexibility index (Phi) is 4.67. The molecule has 0 radical (unpaired) electrons. The summed E-state index contributed by atoms with van der Waals surface area (Å²) in [6.07, 6.45) is 1.97. The molecule has 19 heavy (non-hydrogen) atoms. The molecule has 2 aromatic rings. The Morgan fingerprint density at radius 1 is 1.37 bits per heavy atom. The highest BCUT2D eigenvalue weighted by molar-refractivity contribution is 7.16. The minimum absolute atomic E-state index is 0.0844. The van der Waals surface area contributed by atoms with Crippen molar-refractivity contribution in [3.8, 4) is 11.8 Å². The van der Waals surface area contributed by atoms with Gasteiger partial charge in [-0.25, -0.2) is 4.98 Å². The molecular formula is C14H13N3OS. The van der Waals surface area contributed by atoms with Crippen LogP contribution in [0.4, 0.5) is 5.13 Å². The molecule has 0 atom stereocenters. The van der Waals surface area contributed by atoms with Crippen molar-refractivity contribution in [2.24, 2.45) is 5.73 Å². The first kappa shape index (κ1) is 13.3. The van der Waals surface area contributed by atoms with Gasteiger partial charge in [-0.1, -0.05) is 53.5 Å². The van der Waals surface area contributed by atoms with E-state index in [0.29, 0.717) is 18.1 Å². The lowest BCUT2D eigenvalue weighted by atomic mass is 10.1. The first-order valence-electron chi connectivity index (χ1n) is 5.76. The standard InChI is InChI=1S/C14H13N3OS/c15-8-4-7-12-10-16-14(19-12)17-13(18)9-11-5-2-1-3-6-11/h1-3,5-6,10H,8-9,15H2,(H,16,17,18). The van der Waals surface area contributed by atoms with Crippen molar-refractivity contribution in [1.82, 2.24) is 4.98 Å². The van der Waals surface area contributed by atoms with Crippen LogP contribution in [0.2, 0.25) is 0 Å². The molecule has 0 saturated heterocycles. The molecule has 0 aliphatic rings. The number of amides is 1. The largest absolute Gasteiger partial charge is 0.320 e. The van der Waals surface area contributed by atoms with E-state index in [1.54, 1.807) is 6.20 Å². The van der Waals surface area contributed by atoms with Crippen LogP contribution in [0.5, 0.6) is 0 Å². The Bertz CT molecular complexity index is 610. The smallest absolute Gasteiger partial charge is 0.230 e. The summed E-state index contributed by atoms with van der Waals surface area (Å²) in [6.45, 7) is 0.313. The van der Waals surface area contributed by atoms with E-state index >= 15 is 0 Å². The van der Waals surface area contributed by atoms with E-state index in [0.717, 1.165) is 10.4 Å². The Balaban J connectivity index is 1.94. The van der Waals surface area contributed by atoms with Crippen LogP contribution in [0.1, 0.15) is 10.4 Å². The van der Waals surface area contributed by atoms with Crippen molar-refractivity contribution in [3.05, 3.63) is 47.0 Å². The van der Waals surface area contributed by atoms with Gasteiger partial charge in [-0.3, -0.25) is 4.79 Å². The second-order valence-electron chi connectivity index (χ2n) is 3.75. The second-order valence-corrected chi connectivity index (χ2v) is 4.78. The zero-order valence-corrected chi connectivity index (χ0v) is 11.0. The first-order valence-corrected chi connectivity index (χ1v) is 6.58. The highest BCUT2D eigenvalue weighted by Crippen LogP contribution is 2.17. The fraction of sp³-hybridized carbons (Fsp3) is 0.143. The van der Waals surface area contributed by atoms with Crippen LogP contribution >= 0.6 is 11.3 Å². The molecule has 4 nitrogen and oxygen atoms in total. The maximum absolute atomic E-state index is 11.8. The average molecular weight is 271 g/mol. The molecule has 0 fully saturated rings. The highest BCUT2D eigenvalue weighted by atomic mass is 32.1. The molecule has 1 amide bonds. The van der Waals surface area contributed by atoms with Crippen LogP contribution in [0, 0.1) is 11.8 Å². The summed E-state index contributed by atoms with van der Waals surface area (Å²) in [6, 6.07) is 9.57. The third kappa shape index (κ3) is 4.21. The second kappa shape index (κ2) is 6.69. The topological polar surface area (TPSA) is 68.0 Å². The van der Waals surface area contributed by atoms with Gasteiger partial charge in [0.2, 0.25) is 5.91 Å². The van der Waals surface area contributed by atoms with Gasteiger partial charge in [-0.05, 0) is 5.56 Å². The molecular weight excluding hydrogens is 258 g/mol. The monoisotopic (exact) mass is 271 g/mol. The fourth-order valence-corrected chi connectivity index (χ4v) is 2.18. The minimum atomic E-state index is -0.0844. The molecule has 0 saturated carbocycles. The van der Waals surface area contributed by atoms with Crippen LogP contribution < -0.4 is 11.1 Å². The number of carbonyl (C=O) groups excluding carboxylic acids is 1. The Morgan fingerprint density at radius 3 is 2.89 bits per heavy atom. The summed E-state index contributed by atoms with van der Waals surface area (Å²) >= 11 is 1.34. The molecule has 1 aromatic heterocycles. The number of nitrogens with zero attached hydrogens (tertiary/aromatic N) is 1.